The Hall–Kier alpha value is -0.100. The number of hydrogen-bond donors (Lipinski definition) is 0. The van der Waals surface area contributed by atoms with E-state index in [1.807, 2.05) is 6.66 Å². The van der Waals surface area contributed by atoms with Gasteiger partial charge in [-0.05, 0) is 65.8 Å². The van der Waals surface area contributed by atoms with Gasteiger partial charge in [0.05, 0.1) is 6.10 Å². The second kappa shape index (κ2) is 8.07. The summed E-state index contributed by atoms with van der Waals surface area (Å²) in [6.45, 7) is 8.92. The van der Waals surface area contributed by atoms with Crippen LogP contribution in [0, 0.1) is 28.1 Å². The largest absolute Gasteiger partial charge is 0.332 e. The molecule has 0 amide bonds. The predicted octanol–water partition coefficient (Wildman–Crippen LogP) is 6.27. The van der Waals surface area contributed by atoms with Crippen LogP contribution in [0.4, 0.5) is 0 Å². The van der Waals surface area contributed by atoms with Gasteiger partial charge in [0, 0.05) is 6.66 Å². The van der Waals surface area contributed by atoms with Gasteiger partial charge in [-0.1, -0.05) is 44.9 Å². The van der Waals surface area contributed by atoms with E-state index in [1.54, 1.807) is 11.1 Å². The molecule has 0 aliphatic heterocycles. The lowest BCUT2D eigenvalue weighted by Crippen LogP contribution is -2.48. The average Bonchev–Trinajstić information content (AvgIpc) is 2.54. The Morgan fingerprint density at radius 3 is 2.79 bits per heavy atom. The number of fused-ring (bicyclic) bond motifs is 3. The van der Waals surface area contributed by atoms with Crippen LogP contribution in [0.2, 0.25) is 0 Å². The third-order valence-electron chi connectivity index (χ3n) is 6.52. The Balaban J connectivity index is 0.00000208. The Morgan fingerprint density at radius 1 is 1.38 bits per heavy atom. The quantitative estimate of drug-likeness (QED) is 0.433. The van der Waals surface area contributed by atoms with E-state index < -0.39 is 8.30 Å². The van der Waals surface area contributed by atoms with Crippen molar-refractivity contribution in [3.05, 3.63) is 28.2 Å². The topological polar surface area (TPSA) is 38.7 Å². The lowest BCUT2D eigenvalue weighted by atomic mass is 9.52. The van der Waals surface area contributed by atoms with E-state index in [1.165, 1.54) is 25.7 Å². The van der Waals surface area contributed by atoms with E-state index >= 15 is 0 Å². The summed E-state index contributed by atoms with van der Waals surface area (Å²) >= 11 is 0. The Kier molecular flexibility index (Phi) is 6.79. The van der Waals surface area contributed by atoms with E-state index in [4.69, 9.17) is 4.52 Å². The molecule has 136 valence electrons. The van der Waals surface area contributed by atoms with Crippen LogP contribution in [0.3, 0.4) is 0 Å². The Bertz CT molecular complexity index is 531. The van der Waals surface area contributed by atoms with Crippen LogP contribution in [0.25, 0.3) is 0 Å². The molecule has 6 unspecified atom stereocenters. The maximum atomic E-state index is 10.8. The molecule has 0 radical (unpaired) electrons. The van der Waals surface area contributed by atoms with Crippen molar-refractivity contribution in [2.24, 2.45) is 28.1 Å². The molecule has 3 aliphatic carbocycles. The highest BCUT2D eigenvalue weighted by atomic mass is 31.2. The van der Waals surface area contributed by atoms with E-state index in [0.717, 1.165) is 12.8 Å². The summed E-state index contributed by atoms with van der Waals surface area (Å²) in [6, 6.07) is 0. The van der Waals surface area contributed by atoms with Crippen molar-refractivity contribution in [2.75, 3.05) is 6.66 Å². The van der Waals surface area contributed by atoms with E-state index in [9.17, 15) is 4.91 Å². The molecule has 1 fully saturated rings. The smallest absolute Gasteiger partial charge is 0.198 e. The van der Waals surface area contributed by atoms with Gasteiger partial charge in [-0.15, -0.1) is 4.91 Å². The molecular formula is C19H33NO2P2. The number of allylic oxidation sites excluding steroid dienone is 4. The maximum absolute atomic E-state index is 10.8. The Labute approximate surface area is 151 Å². The number of hydrogen-bond acceptors (Lipinski definition) is 3. The number of nitroso groups, excluding NO2 is 1. The lowest BCUT2D eigenvalue weighted by Gasteiger charge is -2.54. The summed E-state index contributed by atoms with van der Waals surface area (Å²) in [5.74, 6) is 1.88. The van der Waals surface area contributed by atoms with Crippen LogP contribution in [0.15, 0.2) is 28.2 Å². The Morgan fingerprint density at radius 2 is 2.12 bits per heavy atom. The minimum atomic E-state index is -1.15. The fourth-order valence-corrected chi connectivity index (χ4v) is 5.87. The molecule has 0 saturated heterocycles. The predicted molar refractivity (Wildman–Crippen MR) is 108 cm³/mol. The average molecular weight is 369 g/mol. The monoisotopic (exact) mass is 369 g/mol. The highest BCUT2D eigenvalue weighted by molar-refractivity contribution is 7.50. The molecule has 3 rings (SSSR count). The van der Waals surface area contributed by atoms with Gasteiger partial charge in [-0.3, -0.25) is 0 Å². The molecule has 5 heteroatoms. The molecule has 0 heterocycles. The molecule has 0 aromatic heterocycles. The first-order chi connectivity index (χ1) is 11.0. The van der Waals surface area contributed by atoms with Crippen molar-refractivity contribution < 1.29 is 4.52 Å². The number of nitrogens with zero attached hydrogens (tertiary/aromatic N) is 1. The molecule has 6 atom stereocenters. The third-order valence-corrected chi connectivity index (χ3v) is 7.33. The minimum Gasteiger partial charge on any atom is -0.332 e. The van der Waals surface area contributed by atoms with Gasteiger partial charge in [0.25, 0.3) is 0 Å². The molecule has 1 saturated carbocycles. The van der Waals surface area contributed by atoms with Gasteiger partial charge in [-0.25, -0.2) is 0 Å². The van der Waals surface area contributed by atoms with Crippen LogP contribution < -0.4 is 0 Å². The second-order valence-corrected chi connectivity index (χ2v) is 9.40. The molecule has 3 nitrogen and oxygen atoms in total. The van der Waals surface area contributed by atoms with Crippen LogP contribution in [0.1, 0.15) is 59.3 Å². The second-order valence-electron chi connectivity index (χ2n) is 8.10. The minimum absolute atomic E-state index is 0. The van der Waals surface area contributed by atoms with Crippen molar-refractivity contribution in [1.82, 2.24) is 0 Å². The molecular weight excluding hydrogens is 336 g/mol. The molecule has 24 heavy (non-hydrogen) atoms. The van der Waals surface area contributed by atoms with E-state index in [-0.39, 0.29) is 16.0 Å². The molecule has 0 spiro atoms. The van der Waals surface area contributed by atoms with Crippen molar-refractivity contribution in [3.63, 3.8) is 0 Å². The normalized spacial score (nSPS) is 36.6. The van der Waals surface area contributed by atoms with Gasteiger partial charge in [0.1, 0.15) is 0 Å². The molecule has 0 bridgehead atoms. The summed E-state index contributed by atoms with van der Waals surface area (Å²) in [7, 11) is -1.15. The zero-order valence-electron chi connectivity index (χ0n) is 15.6. The van der Waals surface area contributed by atoms with Gasteiger partial charge < -0.3 is 4.52 Å². The van der Waals surface area contributed by atoms with Crippen LogP contribution in [0.5, 0.6) is 0 Å². The highest BCUT2D eigenvalue weighted by Crippen LogP contribution is 2.58. The van der Waals surface area contributed by atoms with Crippen molar-refractivity contribution >= 4 is 18.2 Å². The maximum Gasteiger partial charge on any atom is 0.198 e. The van der Waals surface area contributed by atoms with Crippen LogP contribution in [-0.2, 0) is 4.52 Å². The molecule has 0 aromatic rings. The SMILES string of the molecule is CC(C)C1=CC2=CCC3C(OP(C)N=O)CCCC3(C)C2CC1.P. The van der Waals surface area contributed by atoms with Crippen molar-refractivity contribution in [2.45, 2.75) is 65.4 Å². The first kappa shape index (κ1) is 20.2. The summed E-state index contributed by atoms with van der Waals surface area (Å²) in [5.41, 5.74) is 3.51. The summed E-state index contributed by atoms with van der Waals surface area (Å²) in [4.78, 5) is 13.9. The molecule has 0 aromatic carbocycles. The van der Waals surface area contributed by atoms with Gasteiger partial charge in [-0.2, -0.15) is 9.90 Å². The first-order valence-corrected chi connectivity index (χ1v) is 10.8. The third kappa shape index (κ3) is 3.69. The zero-order valence-corrected chi connectivity index (χ0v) is 17.9. The fraction of sp³-hybridized carbons (Fsp3) is 0.789. The summed E-state index contributed by atoms with van der Waals surface area (Å²) in [5, 5.41) is 0. The van der Waals surface area contributed by atoms with Crippen molar-refractivity contribution in [3.8, 4) is 0 Å². The van der Waals surface area contributed by atoms with Gasteiger partial charge in [0.2, 0.25) is 0 Å². The van der Waals surface area contributed by atoms with Crippen LogP contribution in [-0.4, -0.2) is 12.8 Å². The van der Waals surface area contributed by atoms with Gasteiger partial charge in [0.15, 0.2) is 8.30 Å². The van der Waals surface area contributed by atoms with Crippen LogP contribution >= 0.6 is 18.2 Å². The van der Waals surface area contributed by atoms with E-state index in [2.05, 4.69) is 37.9 Å². The summed E-state index contributed by atoms with van der Waals surface area (Å²) in [6.07, 6.45) is 12.4. The lowest BCUT2D eigenvalue weighted by molar-refractivity contribution is -0.0327. The first-order valence-electron chi connectivity index (χ1n) is 9.10. The van der Waals surface area contributed by atoms with E-state index in [0.29, 0.717) is 23.2 Å². The summed E-state index contributed by atoms with van der Waals surface area (Å²) < 4.78 is 6.06. The van der Waals surface area contributed by atoms with Crippen molar-refractivity contribution in [1.29, 1.82) is 0 Å². The fourth-order valence-electron chi connectivity index (χ4n) is 5.18. The molecule has 0 N–H and O–H groups in total. The standard InChI is InChI=1S/C19H30NO2P.H3P/c1-13(2)14-7-9-16-15(12-14)8-10-17-18(22-23(4)20-21)6-5-11-19(16,17)3;/h8,12-13,16-18H,5-7,9-11H2,1-4H3;1H3. The number of rotatable bonds is 4. The highest BCUT2D eigenvalue weighted by Gasteiger charge is 2.50. The van der Waals surface area contributed by atoms with Gasteiger partial charge >= 0.3 is 0 Å². The zero-order chi connectivity index (χ0) is 16.6. The molecule has 3 aliphatic rings.